The monoisotopic (exact) mass is 400 g/mol. The number of thiophene rings is 1. The Morgan fingerprint density at radius 3 is 2.59 bits per heavy atom. The summed E-state index contributed by atoms with van der Waals surface area (Å²) in [6.45, 7) is 1.74. The zero-order valence-corrected chi connectivity index (χ0v) is 15.9. The quantitative estimate of drug-likeness (QED) is 0.618. The van der Waals surface area contributed by atoms with Gasteiger partial charge in [0.1, 0.15) is 0 Å². The third-order valence-corrected chi connectivity index (χ3v) is 5.58. The van der Waals surface area contributed by atoms with Crippen molar-refractivity contribution in [3.63, 3.8) is 0 Å². The van der Waals surface area contributed by atoms with Crippen molar-refractivity contribution < 1.29 is 13.2 Å². The predicted molar refractivity (Wildman–Crippen MR) is 106 cm³/mol. The molecule has 0 spiro atoms. The van der Waals surface area contributed by atoms with Crippen LogP contribution in [0.1, 0.15) is 10.6 Å². The number of nitrogens with one attached hydrogen (secondary N) is 2. The van der Waals surface area contributed by atoms with Gasteiger partial charge in [-0.05, 0) is 54.8 Å². The van der Waals surface area contributed by atoms with E-state index in [0.29, 0.717) is 11.4 Å². The second-order valence-corrected chi connectivity index (χ2v) is 8.15. The van der Waals surface area contributed by atoms with E-state index in [-0.39, 0.29) is 16.8 Å². The highest BCUT2D eigenvalue weighted by Gasteiger charge is 2.15. The van der Waals surface area contributed by atoms with Gasteiger partial charge in [-0.1, -0.05) is 6.07 Å². The fourth-order valence-electron chi connectivity index (χ4n) is 2.12. The maximum atomic E-state index is 12.4. The van der Waals surface area contributed by atoms with Gasteiger partial charge in [-0.2, -0.15) is 0 Å². The molecule has 0 atom stereocenters. The van der Waals surface area contributed by atoms with Crippen molar-refractivity contribution in [2.45, 2.75) is 11.8 Å². The lowest BCUT2D eigenvalue weighted by atomic mass is 10.3. The third kappa shape index (κ3) is 5.22. The van der Waals surface area contributed by atoms with Crippen LogP contribution in [-0.2, 0) is 14.8 Å². The molecule has 0 saturated carbocycles. The van der Waals surface area contributed by atoms with E-state index in [0.717, 1.165) is 4.88 Å². The van der Waals surface area contributed by atoms with Crippen molar-refractivity contribution in [3.05, 3.63) is 70.7 Å². The first-order chi connectivity index (χ1) is 12.9. The van der Waals surface area contributed by atoms with Crippen molar-refractivity contribution in [3.8, 4) is 0 Å². The molecule has 0 aliphatic carbocycles. The van der Waals surface area contributed by atoms with E-state index in [4.69, 9.17) is 0 Å². The van der Waals surface area contributed by atoms with Crippen LogP contribution in [0.4, 0.5) is 11.6 Å². The summed E-state index contributed by atoms with van der Waals surface area (Å²) < 4.78 is 27.1. The van der Waals surface area contributed by atoms with Crippen LogP contribution in [0.25, 0.3) is 6.08 Å². The summed E-state index contributed by atoms with van der Waals surface area (Å²) in [6, 6.07) is 11.3. The van der Waals surface area contributed by atoms with E-state index >= 15 is 0 Å². The lowest BCUT2D eigenvalue weighted by molar-refractivity contribution is -0.111. The summed E-state index contributed by atoms with van der Waals surface area (Å²) >= 11 is 1.53. The third-order valence-electron chi connectivity index (χ3n) is 3.39. The molecule has 0 unspecified atom stereocenters. The maximum Gasteiger partial charge on any atom is 0.264 e. The molecule has 2 aromatic heterocycles. The number of benzene rings is 1. The Morgan fingerprint density at radius 2 is 1.93 bits per heavy atom. The molecule has 1 aromatic carbocycles. The van der Waals surface area contributed by atoms with Crippen LogP contribution in [-0.4, -0.2) is 24.3 Å². The first-order valence-electron chi connectivity index (χ1n) is 7.87. The minimum atomic E-state index is -3.82. The zero-order valence-electron chi connectivity index (χ0n) is 14.3. The van der Waals surface area contributed by atoms with Gasteiger partial charge in [0.25, 0.3) is 10.0 Å². The predicted octanol–water partition coefficient (Wildman–Crippen LogP) is 3.30. The fraction of sp³-hybridized carbons (Fsp3) is 0.0556. The molecular weight excluding hydrogens is 384 g/mol. The van der Waals surface area contributed by atoms with Gasteiger partial charge in [0.15, 0.2) is 0 Å². The molecule has 0 bridgehead atoms. The van der Waals surface area contributed by atoms with Crippen molar-refractivity contribution in [1.29, 1.82) is 0 Å². The Balaban J connectivity index is 1.66. The normalized spacial score (nSPS) is 11.4. The van der Waals surface area contributed by atoms with Gasteiger partial charge in [0, 0.05) is 28.5 Å². The number of hydrogen-bond donors (Lipinski definition) is 2. The summed E-state index contributed by atoms with van der Waals surface area (Å²) in [6.07, 6.45) is 4.61. The van der Waals surface area contributed by atoms with Crippen molar-refractivity contribution in [1.82, 2.24) is 9.97 Å². The van der Waals surface area contributed by atoms with E-state index in [1.54, 1.807) is 19.1 Å². The van der Waals surface area contributed by atoms with Gasteiger partial charge in [-0.3, -0.25) is 4.79 Å². The summed E-state index contributed by atoms with van der Waals surface area (Å²) in [5.41, 5.74) is 1.14. The number of anilines is 2. The van der Waals surface area contributed by atoms with E-state index in [9.17, 15) is 13.2 Å². The Bertz CT molecular complexity index is 1060. The van der Waals surface area contributed by atoms with Crippen LogP contribution < -0.4 is 10.0 Å². The number of rotatable bonds is 6. The van der Waals surface area contributed by atoms with Crippen molar-refractivity contribution in [2.75, 3.05) is 10.0 Å². The first-order valence-corrected chi connectivity index (χ1v) is 10.2. The van der Waals surface area contributed by atoms with Gasteiger partial charge in [-0.25, -0.2) is 23.1 Å². The van der Waals surface area contributed by atoms with Crippen LogP contribution >= 0.6 is 11.3 Å². The van der Waals surface area contributed by atoms with Crippen LogP contribution in [0.5, 0.6) is 0 Å². The fourth-order valence-corrected chi connectivity index (χ4v) is 3.69. The molecule has 27 heavy (non-hydrogen) atoms. The van der Waals surface area contributed by atoms with Crippen LogP contribution in [0.3, 0.4) is 0 Å². The molecule has 0 radical (unpaired) electrons. The topological polar surface area (TPSA) is 101 Å². The molecular formula is C18H16N4O3S2. The van der Waals surface area contributed by atoms with E-state index in [2.05, 4.69) is 20.0 Å². The molecule has 138 valence electrons. The number of hydrogen-bond acceptors (Lipinski definition) is 6. The molecule has 7 nitrogen and oxygen atoms in total. The summed E-state index contributed by atoms with van der Waals surface area (Å²) in [5, 5.41) is 4.60. The molecule has 1 amide bonds. The van der Waals surface area contributed by atoms with Gasteiger partial charge in [0.2, 0.25) is 11.9 Å². The van der Waals surface area contributed by atoms with Crippen molar-refractivity contribution >= 4 is 45.0 Å². The van der Waals surface area contributed by atoms with Crippen molar-refractivity contribution in [2.24, 2.45) is 0 Å². The number of nitrogens with zero attached hydrogens (tertiary/aromatic N) is 2. The van der Waals surface area contributed by atoms with Crippen LogP contribution in [0, 0.1) is 6.92 Å². The van der Waals surface area contributed by atoms with Gasteiger partial charge in [-0.15, -0.1) is 11.3 Å². The average Bonchev–Trinajstić information content (AvgIpc) is 3.14. The SMILES string of the molecule is Cc1ccnc(NS(=O)(=O)c2ccc(NC(=O)/C=C/c3cccs3)cc2)n1. The number of amides is 1. The Morgan fingerprint density at radius 1 is 1.15 bits per heavy atom. The Hall–Kier alpha value is -3.04. The number of carbonyl (C=O) groups is 1. The number of aromatic nitrogens is 2. The highest BCUT2D eigenvalue weighted by molar-refractivity contribution is 7.92. The first kappa shape index (κ1) is 18.7. The molecule has 0 fully saturated rings. The minimum Gasteiger partial charge on any atom is -0.323 e. The van der Waals surface area contributed by atoms with Gasteiger partial charge in [0.05, 0.1) is 4.90 Å². The number of sulfonamides is 1. The molecule has 2 heterocycles. The van der Waals surface area contributed by atoms with E-state index in [1.807, 2.05) is 17.5 Å². The smallest absolute Gasteiger partial charge is 0.264 e. The van der Waals surface area contributed by atoms with Crippen LogP contribution in [0.15, 0.2) is 65.0 Å². The maximum absolute atomic E-state index is 12.4. The van der Waals surface area contributed by atoms with Crippen LogP contribution in [0.2, 0.25) is 0 Å². The lowest BCUT2D eigenvalue weighted by Crippen LogP contribution is -2.15. The standard InChI is InChI=1S/C18H16N4O3S2/c1-13-10-11-19-18(20-13)22-27(24,25)16-7-4-14(5-8-16)21-17(23)9-6-15-3-2-12-26-15/h2-12H,1H3,(H,21,23)(H,19,20,22)/b9-6+. The summed E-state index contributed by atoms with van der Waals surface area (Å²) in [5.74, 6) is -0.295. The molecule has 3 aromatic rings. The molecule has 3 rings (SSSR count). The van der Waals surface area contributed by atoms with Gasteiger partial charge >= 0.3 is 0 Å². The second-order valence-electron chi connectivity index (χ2n) is 5.49. The average molecular weight is 400 g/mol. The second kappa shape index (κ2) is 8.11. The molecule has 9 heteroatoms. The summed E-state index contributed by atoms with van der Waals surface area (Å²) in [4.78, 5) is 20.8. The Kier molecular flexibility index (Phi) is 5.63. The molecule has 2 N–H and O–H groups in total. The molecule has 0 aliphatic heterocycles. The molecule has 0 aliphatic rings. The minimum absolute atomic E-state index is 0.00564. The highest BCUT2D eigenvalue weighted by Crippen LogP contribution is 2.17. The van der Waals surface area contributed by atoms with Gasteiger partial charge < -0.3 is 5.32 Å². The lowest BCUT2D eigenvalue weighted by Gasteiger charge is -2.08. The Labute approximate surface area is 160 Å². The summed E-state index contributed by atoms with van der Waals surface area (Å²) in [7, 11) is -3.82. The highest BCUT2D eigenvalue weighted by atomic mass is 32.2. The van der Waals surface area contributed by atoms with E-state index in [1.165, 1.54) is 47.9 Å². The number of aryl methyl sites for hydroxylation is 1. The largest absolute Gasteiger partial charge is 0.323 e. The van der Waals surface area contributed by atoms with E-state index < -0.39 is 10.0 Å². The zero-order chi connectivity index (χ0) is 19.3. The molecule has 0 saturated heterocycles. The number of carbonyl (C=O) groups excluding carboxylic acids is 1.